The average Bonchev–Trinajstić information content (AvgIpc) is 3.61. The Balaban J connectivity index is 1.29. The highest BCUT2D eigenvalue weighted by molar-refractivity contribution is 7.09. The number of benzene rings is 2. The van der Waals surface area contributed by atoms with E-state index in [9.17, 15) is 4.79 Å². The minimum atomic E-state index is -0.328. The number of hydrogen-bond acceptors (Lipinski definition) is 6. The molecule has 1 aliphatic heterocycles. The van der Waals surface area contributed by atoms with Gasteiger partial charge in [0.25, 0.3) is 5.56 Å². The third-order valence-corrected chi connectivity index (χ3v) is 7.13. The molecule has 6 rings (SSSR count). The summed E-state index contributed by atoms with van der Waals surface area (Å²) in [6, 6.07) is 16.3. The van der Waals surface area contributed by atoms with Crippen molar-refractivity contribution in [3.63, 3.8) is 0 Å². The quantitative estimate of drug-likeness (QED) is 0.416. The Morgan fingerprint density at radius 1 is 1.00 bits per heavy atom. The number of fused-ring (bicyclic) bond motifs is 1. The van der Waals surface area contributed by atoms with Crippen molar-refractivity contribution >= 4 is 22.1 Å². The maximum absolute atomic E-state index is 13.2. The highest BCUT2D eigenvalue weighted by atomic mass is 32.1. The summed E-state index contributed by atoms with van der Waals surface area (Å²) in [5.41, 5.74) is 4.16. The second kappa shape index (κ2) is 8.82. The van der Waals surface area contributed by atoms with Gasteiger partial charge in [-0.3, -0.25) is 4.79 Å². The third-order valence-electron chi connectivity index (χ3n) is 6.29. The molecular formula is C26H25N3O3S. The highest BCUT2D eigenvalue weighted by Crippen LogP contribution is 2.40. The molecule has 0 N–H and O–H groups in total. The molecule has 7 heteroatoms. The lowest BCUT2D eigenvalue weighted by Gasteiger charge is -2.23. The molecule has 4 aromatic rings. The number of hydrogen-bond donors (Lipinski definition) is 0. The van der Waals surface area contributed by atoms with Crippen LogP contribution in [0.3, 0.4) is 0 Å². The Hall–Kier alpha value is -2.87. The van der Waals surface area contributed by atoms with Crippen LogP contribution in [0.2, 0.25) is 0 Å². The van der Waals surface area contributed by atoms with Gasteiger partial charge in [0.05, 0.1) is 36.5 Å². The van der Waals surface area contributed by atoms with Crippen molar-refractivity contribution in [1.29, 1.82) is 0 Å². The lowest BCUT2D eigenvalue weighted by atomic mass is 10.1. The number of thiazole rings is 1. The van der Waals surface area contributed by atoms with E-state index in [0.29, 0.717) is 31.6 Å². The van der Waals surface area contributed by atoms with Gasteiger partial charge in [-0.25, -0.2) is 9.67 Å². The maximum Gasteiger partial charge on any atom is 0.275 e. The Morgan fingerprint density at radius 3 is 2.52 bits per heavy atom. The standard InChI is InChI=1S/C26H25N3O3S/c30-26-21-5-2-1-4-20(21)22(14-25-31-12-3-13-32-25)28-29(26)15-24-27-23(16-33-24)19-10-8-18(9-11-19)17-6-7-17/h1-2,4-5,8-11,16-17,25H,3,6-7,12-15H2. The first-order valence-electron chi connectivity index (χ1n) is 11.5. The summed E-state index contributed by atoms with van der Waals surface area (Å²) in [6.45, 7) is 1.71. The van der Waals surface area contributed by atoms with E-state index >= 15 is 0 Å². The number of rotatable bonds is 6. The number of aromatic nitrogens is 3. The van der Waals surface area contributed by atoms with Crippen LogP contribution in [0.1, 0.15) is 41.4 Å². The van der Waals surface area contributed by atoms with Gasteiger partial charge in [-0.15, -0.1) is 11.3 Å². The number of ether oxygens (including phenoxy) is 2. The van der Waals surface area contributed by atoms with Crippen LogP contribution >= 0.6 is 11.3 Å². The monoisotopic (exact) mass is 459 g/mol. The van der Waals surface area contributed by atoms with E-state index in [1.807, 2.05) is 24.3 Å². The van der Waals surface area contributed by atoms with Crippen molar-refractivity contribution in [3.8, 4) is 11.3 Å². The summed E-state index contributed by atoms with van der Waals surface area (Å²) >= 11 is 1.56. The van der Waals surface area contributed by atoms with Crippen molar-refractivity contribution in [1.82, 2.24) is 14.8 Å². The Kier molecular flexibility index (Phi) is 5.54. The number of nitrogens with zero attached hydrogens (tertiary/aromatic N) is 3. The zero-order valence-corrected chi connectivity index (χ0v) is 19.1. The van der Waals surface area contributed by atoms with Crippen LogP contribution < -0.4 is 5.56 Å². The van der Waals surface area contributed by atoms with Crippen LogP contribution in [0.25, 0.3) is 22.0 Å². The van der Waals surface area contributed by atoms with Crippen molar-refractivity contribution in [3.05, 3.63) is 80.5 Å². The predicted octanol–water partition coefficient (Wildman–Crippen LogP) is 4.75. The molecule has 3 heterocycles. The van der Waals surface area contributed by atoms with Gasteiger partial charge in [0, 0.05) is 22.8 Å². The van der Waals surface area contributed by atoms with E-state index in [-0.39, 0.29) is 11.8 Å². The molecule has 1 aliphatic carbocycles. The molecule has 2 fully saturated rings. The van der Waals surface area contributed by atoms with Crippen LogP contribution in [0, 0.1) is 0 Å². The molecule has 33 heavy (non-hydrogen) atoms. The van der Waals surface area contributed by atoms with E-state index in [2.05, 4.69) is 29.6 Å². The normalized spacial score (nSPS) is 17.0. The van der Waals surface area contributed by atoms with Crippen LogP contribution in [0.4, 0.5) is 0 Å². The first kappa shape index (κ1) is 20.7. The van der Waals surface area contributed by atoms with E-state index < -0.39 is 0 Å². The van der Waals surface area contributed by atoms with Crippen molar-refractivity contribution in [2.24, 2.45) is 0 Å². The van der Waals surface area contributed by atoms with Gasteiger partial charge < -0.3 is 9.47 Å². The largest absolute Gasteiger partial charge is 0.352 e. The first-order chi connectivity index (χ1) is 16.2. The predicted molar refractivity (Wildman–Crippen MR) is 129 cm³/mol. The summed E-state index contributed by atoms with van der Waals surface area (Å²) in [6.07, 6.45) is 3.69. The van der Waals surface area contributed by atoms with E-state index in [4.69, 9.17) is 19.6 Å². The van der Waals surface area contributed by atoms with Crippen molar-refractivity contribution in [2.75, 3.05) is 13.2 Å². The van der Waals surface area contributed by atoms with Gasteiger partial charge in [-0.2, -0.15) is 5.10 Å². The van der Waals surface area contributed by atoms with Gasteiger partial charge in [0.2, 0.25) is 0 Å². The highest BCUT2D eigenvalue weighted by Gasteiger charge is 2.23. The average molecular weight is 460 g/mol. The Labute approximate surface area is 195 Å². The fourth-order valence-corrected chi connectivity index (χ4v) is 5.15. The molecule has 0 spiro atoms. The summed E-state index contributed by atoms with van der Waals surface area (Å²) in [5.74, 6) is 0.745. The SMILES string of the molecule is O=c1c2ccccc2c(CC2OCCCO2)nn1Cc1nc(-c2ccc(C3CC3)cc2)cs1. The second-order valence-electron chi connectivity index (χ2n) is 8.71. The second-order valence-corrected chi connectivity index (χ2v) is 9.65. The van der Waals surface area contributed by atoms with Crippen LogP contribution in [-0.4, -0.2) is 34.3 Å². The fourth-order valence-electron chi connectivity index (χ4n) is 4.36. The topological polar surface area (TPSA) is 66.2 Å². The minimum Gasteiger partial charge on any atom is -0.352 e. The molecule has 0 unspecified atom stereocenters. The fraction of sp³-hybridized carbons (Fsp3) is 0.346. The van der Waals surface area contributed by atoms with Gasteiger partial charge in [0.1, 0.15) is 5.01 Å². The molecule has 1 saturated carbocycles. The van der Waals surface area contributed by atoms with Crippen LogP contribution in [0.5, 0.6) is 0 Å². The van der Waals surface area contributed by atoms with E-state index in [0.717, 1.165) is 39.7 Å². The lowest BCUT2D eigenvalue weighted by Crippen LogP contribution is -2.30. The van der Waals surface area contributed by atoms with Crippen molar-refractivity contribution < 1.29 is 9.47 Å². The summed E-state index contributed by atoms with van der Waals surface area (Å²) in [5, 5.41) is 9.14. The molecule has 168 valence electrons. The summed E-state index contributed by atoms with van der Waals surface area (Å²) < 4.78 is 13.0. The first-order valence-corrected chi connectivity index (χ1v) is 12.4. The molecule has 6 nitrogen and oxygen atoms in total. The molecule has 1 saturated heterocycles. The third kappa shape index (κ3) is 4.36. The zero-order chi connectivity index (χ0) is 22.2. The molecule has 2 aliphatic rings. The van der Waals surface area contributed by atoms with E-state index in [1.165, 1.54) is 23.1 Å². The smallest absolute Gasteiger partial charge is 0.275 e. The maximum atomic E-state index is 13.2. The molecular weight excluding hydrogens is 434 g/mol. The molecule has 0 atom stereocenters. The minimum absolute atomic E-state index is 0.106. The van der Waals surface area contributed by atoms with Gasteiger partial charge in [-0.05, 0) is 36.8 Å². The van der Waals surface area contributed by atoms with Crippen LogP contribution in [-0.2, 0) is 22.4 Å². The zero-order valence-electron chi connectivity index (χ0n) is 18.3. The van der Waals surface area contributed by atoms with E-state index in [1.54, 1.807) is 11.3 Å². The van der Waals surface area contributed by atoms with Crippen LogP contribution in [0.15, 0.2) is 58.7 Å². The molecule has 0 amide bonds. The summed E-state index contributed by atoms with van der Waals surface area (Å²) in [4.78, 5) is 18.0. The lowest BCUT2D eigenvalue weighted by molar-refractivity contribution is -0.177. The summed E-state index contributed by atoms with van der Waals surface area (Å²) in [7, 11) is 0. The Bertz CT molecular complexity index is 1340. The molecule has 0 bridgehead atoms. The van der Waals surface area contributed by atoms with Gasteiger partial charge in [-0.1, -0.05) is 42.5 Å². The van der Waals surface area contributed by atoms with Crippen molar-refractivity contribution in [2.45, 2.75) is 44.4 Å². The molecule has 2 aromatic heterocycles. The molecule has 0 radical (unpaired) electrons. The van der Waals surface area contributed by atoms with Gasteiger partial charge in [0.15, 0.2) is 6.29 Å². The molecule has 2 aromatic carbocycles. The van der Waals surface area contributed by atoms with Gasteiger partial charge >= 0.3 is 0 Å². The Morgan fingerprint density at radius 2 is 1.76 bits per heavy atom.